The van der Waals surface area contributed by atoms with Crippen LogP contribution in [0.5, 0.6) is 0 Å². The molecule has 8 nitrogen and oxygen atoms in total. The highest BCUT2D eigenvalue weighted by Crippen LogP contribution is 2.28. The van der Waals surface area contributed by atoms with E-state index in [1.54, 1.807) is 0 Å². The highest BCUT2D eigenvalue weighted by atomic mass is 32.2. The molecular formula is C19H22N6O2S. The third kappa shape index (κ3) is 4.40. The number of Topliss-reactive ketones (excluding diaryl/α,β-unsaturated/α-hetero) is 1. The maximum absolute atomic E-state index is 12.3. The third-order valence-electron chi connectivity index (χ3n) is 4.40. The molecule has 0 bridgehead atoms. The Morgan fingerprint density at radius 2 is 2.14 bits per heavy atom. The molecule has 1 aromatic carbocycles. The first-order chi connectivity index (χ1) is 13.5. The molecule has 0 spiro atoms. The first-order valence-corrected chi connectivity index (χ1v) is 9.95. The zero-order chi connectivity index (χ0) is 20.1. The molecule has 1 fully saturated rings. The number of nitrogens with one attached hydrogen (secondary N) is 1. The number of rotatable bonds is 7. The third-order valence-corrected chi connectivity index (χ3v) is 5.35. The number of thioether (sulfide) groups is 1. The van der Waals surface area contributed by atoms with Crippen molar-refractivity contribution < 1.29 is 9.53 Å². The lowest BCUT2D eigenvalue weighted by molar-refractivity contribution is -0.117. The summed E-state index contributed by atoms with van der Waals surface area (Å²) in [6.07, 6.45) is 0. The zero-order valence-electron chi connectivity index (χ0n) is 15.9. The molecule has 28 heavy (non-hydrogen) atoms. The quantitative estimate of drug-likeness (QED) is 0.563. The number of carbonyl (C=O) groups is 1. The van der Waals surface area contributed by atoms with Crippen LogP contribution in [-0.2, 0) is 9.53 Å². The average Bonchev–Trinajstić information content (AvgIpc) is 3.11. The summed E-state index contributed by atoms with van der Waals surface area (Å²) in [6.45, 7) is 6.19. The molecule has 2 aromatic rings. The number of benzene rings is 1. The fraction of sp³-hybridized carbons (Fsp3) is 0.421. The molecule has 3 rings (SSSR count). The van der Waals surface area contributed by atoms with Crippen LogP contribution in [0.25, 0.3) is 5.69 Å². The monoisotopic (exact) mass is 398 g/mol. The molecule has 1 aromatic heterocycles. The fourth-order valence-electron chi connectivity index (χ4n) is 2.95. The normalized spacial score (nSPS) is 15.1. The Labute approximate surface area is 168 Å². The lowest BCUT2D eigenvalue weighted by Crippen LogP contribution is -2.37. The molecule has 1 aliphatic heterocycles. The summed E-state index contributed by atoms with van der Waals surface area (Å²) in [5.74, 6) is -0.543. The molecular weight excluding hydrogens is 376 g/mol. The van der Waals surface area contributed by atoms with Gasteiger partial charge in [0.2, 0.25) is 5.95 Å². The van der Waals surface area contributed by atoms with Crippen molar-refractivity contribution >= 4 is 29.2 Å². The van der Waals surface area contributed by atoms with E-state index in [-0.39, 0.29) is 17.2 Å². The Morgan fingerprint density at radius 3 is 2.79 bits per heavy atom. The zero-order valence-corrected chi connectivity index (χ0v) is 16.7. The van der Waals surface area contributed by atoms with E-state index in [2.05, 4.69) is 15.1 Å². The van der Waals surface area contributed by atoms with Gasteiger partial charge in [0.05, 0.1) is 30.7 Å². The molecule has 0 aliphatic carbocycles. The highest BCUT2D eigenvalue weighted by Gasteiger charge is 2.24. The summed E-state index contributed by atoms with van der Waals surface area (Å²) in [6, 6.07) is 9.90. The maximum Gasteiger partial charge on any atom is 0.232 e. The van der Waals surface area contributed by atoms with Crippen LogP contribution in [0, 0.1) is 29.6 Å². The lowest BCUT2D eigenvalue weighted by Gasteiger charge is -2.28. The summed E-state index contributed by atoms with van der Waals surface area (Å²) in [4.78, 5) is 14.4. The van der Waals surface area contributed by atoms with E-state index < -0.39 is 5.92 Å². The first kappa shape index (κ1) is 20.0. The molecule has 0 radical (unpaired) electrons. The van der Waals surface area contributed by atoms with Gasteiger partial charge >= 0.3 is 0 Å². The van der Waals surface area contributed by atoms with E-state index >= 15 is 0 Å². The van der Waals surface area contributed by atoms with E-state index in [0.29, 0.717) is 24.3 Å². The van der Waals surface area contributed by atoms with Gasteiger partial charge in [-0.2, -0.15) is 5.26 Å². The largest absolute Gasteiger partial charge is 0.378 e. The number of ether oxygens (including phenoxy) is 1. The van der Waals surface area contributed by atoms with Crippen molar-refractivity contribution in [2.75, 3.05) is 37.0 Å². The van der Waals surface area contributed by atoms with Gasteiger partial charge in [0.1, 0.15) is 5.92 Å². The average molecular weight is 398 g/mol. The number of nitriles is 1. The van der Waals surface area contributed by atoms with Crippen LogP contribution in [0.4, 0.5) is 5.95 Å². The van der Waals surface area contributed by atoms with Crippen molar-refractivity contribution in [3.8, 4) is 11.8 Å². The maximum atomic E-state index is 12.3. The molecule has 0 amide bonds. The van der Waals surface area contributed by atoms with Crippen LogP contribution < -0.4 is 4.90 Å². The molecule has 1 N–H and O–H groups in total. The number of aromatic nitrogens is 3. The summed E-state index contributed by atoms with van der Waals surface area (Å²) >= 11 is 1.24. The first-order valence-electron chi connectivity index (χ1n) is 8.96. The van der Waals surface area contributed by atoms with Crippen LogP contribution in [0.2, 0.25) is 0 Å². The Kier molecular flexibility index (Phi) is 6.44. The van der Waals surface area contributed by atoms with E-state index in [9.17, 15) is 4.79 Å². The van der Waals surface area contributed by atoms with E-state index in [4.69, 9.17) is 15.4 Å². The molecule has 9 heteroatoms. The lowest BCUT2D eigenvalue weighted by atomic mass is 10.0. The van der Waals surface area contributed by atoms with Gasteiger partial charge in [0.15, 0.2) is 10.9 Å². The molecule has 1 aliphatic rings. The second kappa shape index (κ2) is 8.99. The van der Waals surface area contributed by atoms with E-state index in [1.807, 2.05) is 41.8 Å². The van der Waals surface area contributed by atoms with Gasteiger partial charge in [0, 0.05) is 18.8 Å². The summed E-state index contributed by atoms with van der Waals surface area (Å²) in [7, 11) is 0. The van der Waals surface area contributed by atoms with Crippen LogP contribution in [0.1, 0.15) is 12.5 Å². The van der Waals surface area contributed by atoms with Crippen molar-refractivity contribution in [1.29, 1.82) is 10.7 Å². The van der Waals surface area contributed by atoms with Crippen molar-refractivity contribution in [3.05, 3.63) is 29.8 Å². The summed E-state index contributed by atoms with van der Waals surface area (Å²) < 4.78 is 7.37. The van der Waals surface area contributed by atoms with Gasteiger partial charge in [-0.15, -0.1) is 10.2 Å². The van der Waals surface area contributed by atoms with Crippen molar-refractivity contribution in [2.24, 2.45) is 5.92 Å². The number of ketones is 1. The molecule has 0 unspecified atom stereocenters. The van der Waals surface area contributed by atoms with E-state index in [0.717, 1.165) is 24.3 Å². The SMILES string of the molecule is CC(=N)[C@H](C#N)C(=O)CSc1nnc(N2CCOCC2)n1-c1cccc(C)c1. The molecule has 0 saturated carbocycles. The predicted molar refractivity (Wildman–Crippen MR) is 107 cm³/mol. The number of morpholine rings is 1. The van der Waals surface area contributed by atoms with Crippen molar-refractivity contribution in [2.45, 2.75) is 19.0 Å². The molecule has 1 atom stereocenters. The number of hydrogen-bond donors (Lipinski definition) is 1. The molecule has 146 valence electrons. The van der Waals surface area contributed by atoms with Crippen LogP contribution in [-0.4, -0.2) is 58.3 Å². The van der Waals surface area contributed by atoms with E-state index in [1.165, 1.54) is 18.7 Å². The standard InChI is InChI=1S/C19H22N6O2S/c1-13-4-3-5-15(10-13)25-18(24-6-8-27-9-7-24)22-23-19(25)28-12-17(26)16(11-20)14(2)21/h3-5,10,16,21H,6-9,12H2,1-2H3/t16-/m0/s1. The van der Waals surface area contributed by atoms with Crippen LogP contribution in [0.15, 0.2) is 29.4 Å². The topological polar surface area (TPSA) is 108 Å². The predicted octanol–water partition coefficient (Wildman–Crippen LogP) is 2.25. The van der Waals surface area contributed by atoms with Crippen molar-refractivity contribution in [1.82, 2.24) is 14.8 Å². The van der Waals surface area contributed by atoms with Gasteiger partial charge in [-0.1, -0.05) is 23.9 Å². The Hall–Kier alpha value is -2.70. The van der Waals surface area contributed by atoms with Crippen LogP contribution in [0.3, 0.4) is 0 Å². The minimum absolute atomic E-state index is 0.0571. The number of carbonyl (C=O) groups excluding carboxylic acids is 1. The minimum atomic E-state index is -1.01. The van der Waals surface area contributed by atoms with Crippen molar-refractivity contribution in [3.63, 3.8) is 0 Å². The van der Waals surface area contributed by atoms with Gasteiger partial charge < -0.3 is 15.0 Å². The Morgan fingerprint density at radius 1 is 1.39 bits per heavy atom. The molecule has 1 saturated heterocycles. The Balaban J connectivity index is 1.90. The minimum Gasteiger partial charge on any atom is -0.378 e. The van der Waals surface area contributed by atoms with Gasteiger partial charge in [-0.25, -0.2) is 0 Å². The second-order valence-corrected chi connectivity index (χ2v) is 7.50. The summed E-state index contributed by atoms with van der Waals surface area (Å²) in [5.41, 5.74) is 2.08. The number of hydrogen-bond acceptors (Lipinski definition) is 8. The second-order valence-electron chi connectivity index (χ2n) is 6.56. The molecule has 2 heterocycles. The highest BCUT2D eigenvalue weighted by molar-refractivity contribution is 7.99. The van der Waals surface area contributed by atoms with Gasteiger partial charge in [-0.3, -0.25) is 9.36 Å². The number of aryl methyl sites for hydroxylation is 1. The summed E-state index contributed by atoms with van der Waals surface area (Å²) in [5, 5.41) is 26.0. The van der Waals surface area contributed by atoms with Gasteiger partial charge in [0.25, 0.3) is 0 Å². The van der Waals surface area contributed by atoms with Gasteiger partial charge in [-0.05, 0) is 31.5 Å². The smallest absolute Gasteiger partial charge is 0.232 e. The Bertz CT molecular complexity index is 913. The number of anilines is 1. The fourth-order valence-corrected chi connectivity index (χ4v) is 3.80. The van der Waals surface area contributed by atoms with Crippen LogP contribution >= 0.6 is 11.8 Å². The number of nitrogens with zero attached hydrogens (tertiary/aromatic N) is 5.